The van der Waals surface area contributed by atoms with E-state index in [1.807, 2.05) is 24.3 Å². The van der Waals surface area contributed by atoms with Crippen LogP contribution in [-0.4, -0.2) is 41.1 Å². The summed E-state index contributed by atoms with van der Waals surface area (Å²) in [6, 6.07) is 9.13. The van der Waals surface area contributed by atoms with Crippen LogP contribution in [0.2, 0.25) is 0 Å². The van der Waals surface area contributed by atoms with Crippen LogP contribution in [0.5, 0.6) is 0 Å². The molecular weight excluding hydrogens is 252 g/mol. The fraction of sp³-hybridized carbons (Fsp3) is 0.267. The monoisotopic (exact) mass is 268 g/mol. The Labute approximate surface area is 117 Å². The molecule has 1 aliphatic carbocycles. The van der Waals surface area contributed by atoms with Gasteiger partial charge in [0.15, 0.2) is 0 Å². The first-order chi connectivity index (χ1) is 9.67. The van der Waals surface area contributed by atoms with Crippen molar-refractivity contribution in [2.45, 2.75) is 12.8 Å². The van der Waals surface area contributed by atoms with Gasteiger partial charge in [-0.15, -0.1) is 0 Å². The predicted octanol–water partition coefficient (Wildman–Crippen LogP) is 2.18. The number of nitrogens with zero attached hydrogens (tertiary/aromatic N) is 4. The average Bonchev–Trinajstić information content (AvgIpc) is 2.53. The Morgan fingerprint density at radius 3 is 2.65 bits per heavy atom. The van der Waals surface area contributed by atoms with Gasteiger partial charge in [0.25, 0.3) is 5.91 Å². The lowest BCUT2D eigenvalue weighted by atomic mass is 9.99. The molecule has 0 saturated heterocycles. The quantitative estimate of drug-likeness (QED) is 0.598. The highest BCUT2D eigenvalue weighted by atomic mass is 16.2. The molecule has 1 aromatic rings. The molecule has 1 amide bonds. The molecule has 0 atom stereocenters. The van der Waals surface area contributed by atoms with E-state index in [4.69, 9.17) is 5.53 Å². The Kier molecular flexibility index (Phi) is 4.23. The van der Waals surface area contributed by atoms with Crippen molar-refractivity contribution >= 4 is 17.3 Å². The van der Waals surface area contributed by atoms with Crippen LogP contribution in [0.4, 0.5) is 0 Å². The number of hydrogen-bond acceptors (Lipinski definition) is 2. The lowest BCUT2D eigenvalue weighted by Crippen LogP contribution is -2.31. The molecule has 5 nitrogen and oxygen atoms in total. The lowest BCUT2D eigenvalue weighted by Gasteiger charge is -2.23. The molecule has 0 bridgehead atoms. The zero-order valence-corrected chi connectivity index (χ0v) is 11.6. The van der Waals surface area contributed by atoms with Crippen LogP contribution in [-0.2, 0) is 0 Å². The number of benzene rings is 1. The van der Waals surface area contributed by atoms with E-state index in [-0.39, 0.29) is 5.91 Å². The van der Waals surface area contributed by atoms with E-state index in [9.17, 15) is 4.79 Å². The highest BCUT2D eigenvalue weighted by Crippen LogP contribution is 2.18. The van der Waals surface area contributed by atoms with Gasteiger partial charge in [0.2, 0.25) is 0 Å². The second-order valence-electron chi connectivity index (χ2n) is 4.52. The minimum absolute atomic E-state index is 0.0586. The summed E-state index contributed by atoms with van der Waals surface area (Å²) in [5.41, 5.74) is 11.7. The molecule has 0 radical (unpaired) electrons. The Bertz CT molecular complexity index is 625. The fourth-order valence-corrected chi connectivity index (χ4v) is 2.15. The first-order valence-electron chi connectivity index (χ1n) is 6.36. The number of carbonyl (C=O) groups is 1. The van der Waals surface area contributed by atoms with Crippen LogP contribution < -0.4 is 0 Å². The molecule has 0 aromatic heterocycles. The summed E-state index contributed by atoms with van der Waals surface area (Å²) in [5, 5.41) is 0. The Morgan fingerprint density at radius 1 is 1.35 bits per heavy atom. The smallest absolute Gasteiger partial charge is 0.316 e. The third-order valence-electron chi connectivity index (χ3n) is 3.36. The minimum Gasteiger partial charge on any atom is -0.361 e. The van der Waals surface area contributed by atoms with Gasteiger partial charge in [-0.1, -0.05) is 24.3 Å². The van der Waals surface area contributed by atoms with E-state index in [2.05, 4.69) is 9.78 Å². The fourth-order valence-electron chi connectivity index (χ4n) is 2.15. The normalized spacial score (nSPS) is 16.6. The summed E-state index contributed by atoms with van der Waals surface area (Å²) in [6.45, 7) is 0. The summed E-state index contributed by atoms with van der Waals surface area (Å²) in [6.07, 6.45) is 2.86. The topological polar surface area (TPSA) is 69.1 Å². The van der Waals surface area contributed by atoms with E-state index in [0.717, 1.165) is 5.70 Å². The summed E-state index contributed by atoms with van der Waals surface area (Å²) >= 11 is 0. The zero-order chi connectivity index (χ0) is 14.5. The first-order valence-corrected chi connectivity index (χ1v) is 6.36. The summed E-state index contributed by atoms with van der Waals surface area (Å²) in [5.74, 6) is -0.0586. The third-order valence-corrected chi connectivity index (χ3v) is 3.36. The molecule has 20 heavy (non-hydrogen) atoms. The van der Waals surface area contributed by atoms with Gasteiger partial charge >= 0.3 is 5.71 Å². The molecule has 0 saturated carbocycles. The standard InChI is InChI=1S/C15H16N4O/c1-17-14-10-12(8-9-13(14)18-16)19(2)15(20)11-6-4-3-5-7-11/h3-8H,9-10H2,1-2H3. The van der Waals surface area contributed by atoms with Gasteiger partial charge < -0.3 is 10.4 Å². The average molecular weight is 268 g/mol. The van der Waals surface area contributed by atoms with Gasteiger partial charge in [-0.25, -0.2) is 0 Å². The second-order valence-corrected chi connectivity index (χ2v) is 4.52. The molecule has 0 spiro atoms. The Balaban J connectivity index is 2.22. The SMILES string of the molecule is CN=C1CC(N(C)C(=O)c2ccccc2)=CCC1=[N+]=[N-]. The van der Waals surface area contributed by atoms with Crippen LogP contribution in [0.15, 0.2) is 47.1 Å². The number of hydrogen-bond donors (Lipinski definition) is 0. The predicted molar refractivity (Wildman–Crippen MR) is 77.8 cm³/mol. The molecular formula is C15H16N4O. The van der Waals surface area contributed by atoms with Crippen LogP contribution in [0.1, 0.15) is 23.2 Å². The number of aliphatic imine (C=N–C) groups is 1. The number of rotatable bonds is 2. The van der Waals surface area contributed by atoms with Crippen molar-refractivity contribution in [1.29, 1.82) is 0 Å². The first kappa shape index (κ1) is 13.9. The van der Waals surface area contributed by atoms with E-state index < -0.39 is 0 Å². The van der Waals surface area contributed by atoms with Gasteiger partial charge in [-0.3, -0.25) is 9.79 Å². The van der Waals surface area contributed by atoms with Crippen LogP contribution in [0, 0.1) is 0 Å². The van der Waals surface area contributed by atoms with Crippen molar-refractivity contribution in [3.05, 3.63) is 53.2 Å². The van der Waals surface area contributed by atoms with Gasteiger partial charge in [-0.05, 0) is 12.1 Å². The van der Waals surface area contributed by atoms with Crippen molar-refractivity contribution in [3.8, 4) is 0 Å². The maximum Gasteiger partial charge on any atom is 0.316 e. The maximum absolute atomic E-state index is 12.4. The highest BCUT2D eigenvalue weighted by Gasteiger charge is 2.26. The number of allylic oxidation sites excluding steroid dienone is 2. The van der Waals surface area contributed by atoms with Crippen LogP contribution in [0.25, 0.3) is 5.53 Å². The second kappa shape index (κ2) is 6.08. The van der Waals surface area contributed by atoms with Crippen LogP contribution >= 0.6 is 0 Å². The molecule has 5 heteroatoms. The van der Waals surface area contributed by atoms with E-state index in [1.54, 1.807) is 31.1 Å². The third kappa shape index (κ3) is 2.73. The number of amides is 1. The van der Waals surface area contributed by atoms with Crippen LogP contribution in [0.3, 0.4) is 0 Å². The summed E-state index contributed by atoms with van der Waals surface area (Å²) in [4.78, 5) is 21.3. The molecule has 1 aliphatic rings. The van der Waals surface area contributed by atoms with Gasteiger partial charge in [0.1, 0.15) is 5.71 Å². The lowest BCUT2D eigenvalue weighted by molar-refractivity contribution is -0.00397. The number of carbonyl (C=O) groups excluding carboxylic acids is 1. The van der Waals surface area contributed by atoms with Crippen molar-refractivity contribution in [1.82, 2.24) is 4.90 Å². The van der Waals surface area contributed by atoms with Gasteiger partial charge in [-0.2, -0.15) is 4.79 Å². The molecule has 0 aliphatic heterocycles. The maximum atomic E-state index is 12.4. The molecule has 0 N–H and O–H groups in total. The summed E-state index contributed by atoms with van der Waals surface area (Å²) < 4.78 is 0. The minimum atomic E-state index is -0.0586. The van der Waals surface area contributed by atoms with E-state index >= 15 is 0 Å². The highest BCUT2D eigenvalue weighted by molar-refractivity contribution is 6.41. The molecule has 0 fully saturated rings. The molecule has 0 heterocycles. The Hall–Kier alpha value is -2.52. The van der Waals surface area contributed by atoms with Gasteiger partial charge in [0.05, 0.1) is 6.42 Å². The molecule has 1 aromatic carbocycles. The van der Waals surface area contributed by atoms with Crippen molar-refractivity contribution < 1.29 is 9.58 Å². The van der Waals surface area contributed by atoms with E-state index in [1.165, 1.54) is 0 Å². The largest absolute Gasteiger partial charge is 0.361 e. The van der Waals surface area contributed by atoms with Crippen molar-refractivity contribution in [2.75, 3.05) is 14.1 Å². The zero-order valence-electron chi connectivity index (χ0n) is 11.6. The Morgan fingerprint density at radius 2 is 2.05 bits per heavy atom. The van der Waals surface area contributed by atoms with Crippen molar-refractivity contribution in [3.63, 3.8) is 0 Å². The molecule has 102 valence electrons. The van der Waals surface area contributed by atoms with E-state index in [0.29, 0.717) is 29.8 Å². The summed E-state index contributed by atoms with van der Waals surface area (Å²) in [7, 11) is 3.40. The van der Waals surface area contributed by atoms with Crippen molar-refractivity contribution in [2.24, 2.45) is 4.99 Å². The van der Waals surface area contributed by atoms with Gasteiger partial charge in [0, 0.05) is 31.8 Å². The molecule has 0 unspecified atom stereocenters. The molecule has 2 rings (SSSR count).